The number of rotatable bonds is 43. The molecule has 2 unspecified atom stereocenters. The number of ether oxygens (including phenoxy) is 2. The third kappa shape index (κ3) is 48.1. The summed E-state index contributed by atoms with van der Waals surface area (Å²) in [5, 5.41) is 0. The molecule has 0 aromatic rings. The van der Waals surface area contributed by atoms with Crippen LogP contribution in [0.5, 0.6) is 0 Å². The highest BCUT2D eigenvalue weighted by atomic mass is 31.2. The number of hydrogen-bond donors (Lipinski definition) is 0. The number of allylic oxidation sites excluding steroid dienone is 18. The van der Waals surface area contributed by atoms with Crippen LogP contribution in [0.15, 0.2) is 109 Å². The van der Waals surface area contributed by atoms with E-state index in [1.54, 1.807) is 0 Å². The van der Waals surface area contributed by atoms with Gasteiger partial charge in [-0.1, -0.05) is 187 Å². The van der Waals surface area contributed by atoms with Crippen molar-refractivity contribution < 1.29 is 42.1 Å². The molecular weight excluding hydrogens is 822 g/mol. The van der Waals surface area contributed by atoms with Crippen LogP contribution in [-0.2, 0) is 32.7 Å². The number of quaternary nitrogens is 1. The van der Waals surface area contributed by atoms with Crippen LogP contribution < -0.4 is 4.89 Å². The summed E-state index contributed by atoms with van der Waals surface area (Å²) in [6.45, 7) is 4.01. The zero-order valence-electron chi connectivity index (χ0n) is 40.9. The lowest BCUT2D eigenvalue weighted by Crippen LogP contribution is -2.37. The van der Waals surface area contributed by atoms with Gasteiger partial charge in [-0.25, -0.2) is 0 Å². The van der Waals surface area contributed by atoms with Crippen LogP contribution in [0.4, 0.5) is 0 Å². The Bertz CT molecular complexity index is 1450. The van der Waals surface area contributed by atoms with Crippen molar-refractivity contribution in [1.82, 2.24) is 0 Å². The number of likely N-dealkylation sites (N-methyl/N-ethyl adjacent to an activating group) is 1. The van der Waals surface area contributed by atoms with Gasteiger partial charge < -0.3 is 27.9 Å². The molecule has 0 aliphatic heterocycles. The smallest absolute Gasteiger partial charge is 0.306 e. The number of esters is 2. The third-order valence-corrected chi connectivity index (χ3v) is 10.8. The van der Waals surface area contributed by atoms with Gasteiger partial charge in [0.25, 0.3) is 7.82 Å². The molecule has 0 bridgehead atoms. The molecule has 0 aromatic heterocycles. The molecule has 0 fully saturated rings. The highest BCUT2D eigenvalue weighted by Crippen LogP contribution is 2.38. The molecule has 0 saturated heterocycles. The van der Waals surface area contributed by atoms with E-state index in [9.17, 15) is 19.0 Å². The fourth-order valence-corrected chi connectivity index (χ4v) is 6.74. The molecule has 0 aliphatic rings. The Labute approximate surface area is 391 Å². The fraction of sp³-hybridized carbons (Fsp3) is 0.630. The number of phosphoric ester groups is 1. The third-order valence-electron chi connectivity index (χ3n) is 9.81. The standard InChI is InChI=1S/C54H90NO8P/c1-6-8-10-12-14-16-18-19-20-21-22-23-24-25-26-27-28-29-30-31-32-33-34-35-37-39-41-43-45-47-54(57)63-52(51-62-64(58,59)61-49-48-55(3,4)5)50-60-53(56)46-44-42-40-38-36-17-15-13-11-9-7-2/h8,10,14,16,19-20,22-23,25-26,28-29,31-32,34-35,39,41,52H,6-7,9,11-13,15,17-18,21,24,27,30,33,36-38,40,42-51H2,1-5H3/b10-8-,16-14-,20-19-,23-22-,26-25-,29-28-,32-31-,35-34-,41-39-. The predicted octanol–water partition coefficient (Wildman–Crippen LogP) is 14.1. The van der Waals surface area contributed by atoms with E-state index in [0.29, 0.717) is 23.9 Å². The number of carbonyl (C=O) groups is 2. The summed E-state index contributed by atoms with van der Waals surface area (Å²) in [6.07, 6.45) is 61.4. The van der Waals surface area contributed by atoms with Gasteiger partial charge in [0.2, 0.25) is 0 Å². The molecule has 0 aromatic carbocycles. The zero-order chi connectivity index (χ0) is 47.1. The van der Waals surface area contributed by atoms with Crippen LogP contribution in [0.1, 0.15) is 168 Å². The van der Waals surface area contributed by atoms with Crippen LogP contribution in [0.3, 0.4) is 0 Å². The first-order chi connectivity index (χ1) is 31.0. The van der Waals surface area contributed by atoms with Crippen LogP contribution >= 0.6 is 7.82 Å². The van der Waals surface area contributed by atoms with Crippen LogP contribution in [0.25, 0.3) is 0 Å². The SMILES string of the molecule is CC/C=C\C/C=C\C/C=C\C/C=C\C/C=C\C/C=C\C/C=C\C/C=C\C/C=C\CCCC(=O)OC(COC(=O)CCCCCCCCCCCCC)COP(=O)([O-])OCC[N+](C)(C)C. The van der Waals surface area contributed by atoms with Crippen LogP contribution in [0, 0.1) is 0 Å². The second kappa shape index (κ2) is 44.9. The molecule has 10 heteroatoms. The largest absolute Gasteiger partial charge is 0.756 e. The van der Waals surface area contributed by atoms with Gasteiger partial charge in [-0.3, -0.25) is 14.2 Å². The van der Waals surface area contributed by atoms with Crippen molar-refractivity contribution in [3.05, 3.63) is 109 Å². The van der Waals surface area contributed by atoms with E-state index in [1.165, 1.54) is 51.4 Å². The number of nitrogens with zero attached hydrogens (tertiary/aromatic N) is 1. The molecule has 0 amide bonds. The van der Waals surface area contributed by atoms with E-state index >= 15 is 0 Å². The molecule has 9 nitrogen and oxygen atoms in total. The van der Waals surface area contributed by atoms with Gasteiger partial charge in [-0.05, 0) is 77.0 Å². The average molecular weight is 912 g/mol. The van der Waals surface area contributed by atoms with Crippen molar-refractivity contribution >= 4 is 19.8 Å². The fourth-order valence-electron chi connectivity index (χ4n) is 6.01. The van der Waals surface area contributed by atoms with E-state index in [0.717, 1.165) is 77.0 Å². The normalized spacial score (nSPS) is 14.4. The maximum absolute atomic E-state index is 12.7. The van der Waals surface area contributed by atoms with E-state index in [-0.39, 0.29) is 26.1 Å². The maximum Gasteiger partial charge on any atom is 0.306 e. The van der Waals surface area contributed by atoms with Gasteiger partial charge in [0.1, 0.15) is 19.8 Å². The molecule has 0 aliphatic carbocycles. The molecule has 0 spiro atoms. The van der Waals surface area contributed by atoms with Gasteiger partial charge in [0.05, 0.1) is 27.7 Å². The Hall–Kier alpha value is -3.33. The molecule has 2 atom stereocenters. The predicted molar refractivity (Wildman–Crippen MR) is 268 cm³/mol. The van der Waals surface area contributed by atoms with Crippen molar-refractivity contribution in [3.63, 3.8) is 0 Å². The summed E-state index contributed by atoms with van der Waals surface area (Å²) in [4.78, 5) is 37.5. The summed E-state index contributed by atoms with van der Waals surface area (Å²) in [5.74, 6) is -0.914. The monoisotopic (exact) mass is 912 g/mol. The Kier molecular flexibility index (Phi) is 42.5. The Morgan fingerprint density at radius 3 is 1.31 bits per heavy atom. The molecule has 0 rings (SSSR count). The number of phosphoric acid groups is 1. The highest BCUT2D eigenvalue weighted by Gasteiger charge is 2.21. The summed E-state index contributed by atoms with van der Waals surface area (Å²) < 4.78 is 33.8. The van der Waals surface area contributed by atoms with Crippen LogP contribution in [-0.4, -0.2) is 70.0 Å². The number of carbonyl (C=O) groups excluding carboxylic acids is 2. The van der Waals surface area contributed by atoms with Crippen LogP contribution in [0.2, 0.25) is 0 Å². The van der Waals surface area contributed by atoms with Gasteiger partial charge in [0.15, 0.2) is 6.10 Å². The van der Waals surface area contributed by atoms with Gasteiger partial charge in [-0.2, -0.15) is 0 Å². The van der Waals surface area contributed by atoms with Crippen molar-refractivity contribution in [2.75, 3.05) is 47.5 Å². The molecule has 0 radical (unpaired) electrons. The lowest BCUT2D eigenvalue weighted by atomic mass is 10.1. The topological polar surface area (TPSA) is 111 Å². The Morgan fingerprint density at radius 2 is 0.891 bits per heavy atom. The van der Waals surface area contributed by atoms with Crippen molar-refractivity contribution in [2.24, 2.45) is 0 Å². The van der Waals surface area contributed by atoms with E-state index in [2.05, 4.69) is 117 Å². The van der Waals surface area contributed by atoms with Gasteiger partial charge >= 0.3 is 11.9 Å². The van der Waals surface area contributed by atoms with E-state index < -0.39 is 32.5 Å². The second-order valence-electron chi connectivity index (χ2n) is 17.1. The lowest BCUT2D eigenvalue weighted by molar-refractivity contribution is -0.870. The zero-order valence-corrected chi connectivity index (χ0v) is 41.8. The molecule has 64 heavy (non-hydrogen) atoms. The lowest BCUT2D eigenvalue weighted by Gasteiger charge is -2.28. The van der Waals surface area contributed by atoms with Gasteiger partial charge in [0, 0.05) is 12.8 Å². The van der Waals surface area contributed by atoms with Crippen molar-refractivity contribution in [2.45, 2.75) is 174 Å². The van der Waals surface area contributed by atoms with Gasteiger partial charge in [-0.15, -0.1) is 0 Å². The van der Waals surface area contributed by atoms with E-state index in [1.807, 2.05) is 27.2 Å². The molecule has 0 N–H and O–H groups in total. The summed E-state index contributed by atoms with van der Waals surface area (Å²) >= 11 is 0. The minimum Gasteiger partial charge on any atom is -0.756 e. The Morgan fingerprint density at radius 1 is 0.500 bits per heavy atom. The summed E-state index contributed by atoms with van der Waals surface area (Å²) in [6, 6.07) is 0. The second-order valence-corrected chi connectivity index (χ2v) is 18.5. The summed E-state index contributed by atoms with van der Waals surface area (Å²) in [5.41, 5.74) is 0. The quantitative estimate of drug-likeness (QED) is 0.0195. The maximum atomic E-state index is 12.7. The summed E-state index contributed by atoms with van der Waals surface area (Å²) in [7, 11) is 1.11. The molecule has 0 heterocycles. The Balaban J connectivity index is 4.37. The first-order valence-corrected chi connectivity index (χ1v) is 26.1. The average Bonchev–Trinajstić information content (AvgIpc) is 3.25. The van der Waals surface area contributed by atoms with Crippen molar-refractivity contribution in [1.29, 1.82) is 0 Å². The minimum absolute atomic E-state index is 0.0469. The molecule has 0 saturated carbocycles. The minimum atomic E-state index is -4.65. The van der Waals surface area contributed by atoms with Crippen molar-refractivity contribution in [3.8, 4) is 0 Å². The first kappa shape index (κ1) is 60.7. The van der Waals surface area contributed by atoms with E-state index in [4.69, 9.17) is 18.5 Å². The molecule has 364 valence electrons. The first-order valence-electron chi connectivity index (χ1n) is 24.6. The number of hydrogen-bond acceptors (Lipinski definition) is 8. The molecular formula is C54H90NO8P. The number of unbranched alkanes of at least 4 members (excludes halogenated alkanes) is 11. The highest BCUT2D eigenvalue weighted by molar-refractivity contribution is 7.45.